The van der Waals surface area contributed by atoms with Crippen LogP contribution in [0.1, 0.15) is 27.2 Å². The molecule has 0 radical (unpaired) electrons. The lowest BCUT2D eigenvalue weighted by Crippen LogP contribution is -2.47. The molecule has 0 aromatic carbocycles. The fourth-order valence-corrected chi connectivity index (χ4v) is 1.56. The van der Waals surface area contributed by atoms with Crippen molar-refractivity contribution in [3.8, 4) is 0 Å². The first kappa shape index (κ1) is 18.4. The van der Waals surface area contributed by atoms with Gasteiger partial charge in [-0.1, -0.05) is 20.8 Å². The maximum absolute atomic E-state index is 11.8. The van der Waals surface area contributed by atoms with Crippen molar-refractivity contribution in [2.24, 2.45) is 5.92 Å². The third-order valence-electron chi connectivity index (χ3n) is 2.78. The Bertz CT molecular complexity index is 345. The van der Waals surface area contributed by atoms with Crippen molar-refractivity contribution >= 4 is 17.8 Å². The lowest BCUT2D eigenvalue weighted by Gasteiger charge is -2.21. The fraction of sp³-hybridized carbons (Fsp3) is 0.769. The van der Waals surface area contributed by atoms with Gasteiger partial charge in [0.05, 0.1) is 13.1 Å². The highest BCUT2D eigenvalue weighted by Crippen LogP contribution is 2.01. The number of nitrogens with zero attached hydrogens (tertiary/aromatic N) is 1. The van der Waals surface area contributed by atoms with Crippen molar-refractivity contribution in [3.05, 3.63) is 0 Å². The highest BCUT2D eigenvalue weighted by molar-refractivity contribution is 5.85. The first-order valence-corrected chi connectivity index (χ1v) is 6.76. The maximum atomic E-state index is 11.8. The van der Waals surface area contributed by atoms with Crippen LogP contribution in [0.3, 0.4) is 0 Å². The van der Waals surface area contributed by atoms with E-state index in [1.165, 1.54) is 11.9 Å². The average Bonchev–Trinajstić information content (AvgIpc) is 2.35. The maximum Gasteiger partial charge on any atom is 0.320 e. The highest BCUT2D eigenvalue weighted by atomic mass is 16.4. The number of aliphatic carboxylic acids is 1. The molecule has 0 aromatic heterocycles. The number of carboxylic acids is 1. The molecule has 1 atom stereocenters. The molecule has 0 rings (SSSR count). The van der Waals surface area contributed by atoms with E-state index in [4.69, 9.17) is 5.11 Å². The number of hydrogen-bond acceptors (Lipinski definition) is 4. The van der Waals surface area contributed by atoms with Crippen LogP contribution in [-0.4, -0.2) is 60.5 Å². The van der Waals surface area contributed by atoms with Gasteiger partial charge in [0.2, 0.25) is 11.8 Å². The summed E-state index contributed by atoms with van der Waals surface area (Å²) in [6, 6.07) is -0.777. The van der Waals surface area contributed by atoms with Crippen LogP contribution in [0.5, 0.6) is 0 Å². The Morgan fingerprint density at radius 2 is 1.85 bits per heavy atom. The molecule has 0 saturated heterocycles. The predicted molar refractivity (Wildman–Crippen MR) is 75.2 cm³/mol. The Morgan fingerprint density at radius 3 is 2.30 bits per heavy atom. The summed E-state index contributed by atoms with van der Waals surface area (Å²) in [7, 11) is 1.51. The average molecular weight is 287 g/mol. The molecular formula is C13H25N3O4. The molecule has 116 valence electrons. The number of carboxylic acid groups (broad SMARTS) is 1. The second-order valence-electron chi connectivity index (χ2n) is 5.04. The van der Waals surface area contributed by atoms with E-state index in [1.807, 2.05) is 6.92 Å². The van der Waals surface area contributed by atoms with E-state index in [1.54, 1.807) is 13.8 Å². The Labute approximate surface area is 119 Å². The van der Waals surface area contributed by atoms with E-state index in [0.29, 0.717) is 6.54 Å². The van der Waals surface area contributed by atoms with Crippen LogP contribution >= 0.6 is 0 Å². The largest absolute Gasteiger partial charge is 0.480 e. The van der Waals surface area contributed by atoms with Crippen molar-refractivity contribution in [1.29, 1.82) is 0 Å². The summed E-state index contributed by atoms with van der Waals surface area (Å²) in [6.45, 7) is 5.91. The molecule has 0 aliphatic carbocycles. The highest BCUT2D eigenvalue weighted by Gasteiger charge is 2.22. The van der Waals surface area contributed by atoms with Crippen molar-refractivity contribution in [3.63, 3.8) is 0 Å². The van der Waals surface area contributed by atoms with Gasteiger partial charge in [-0.15, -0.1) is 0 Å². The van der Waals surface area contributed by atoms with E-state index in [-0.39, 0.29) is 30.8 Å². The Hall–Kier alpha value is -1.63. The molecule has 7 heteroatoms. The number of amides is 2. The lowest BCUT2D eigenvalue weighted by atomic mass is 10.1. The molecular weight excluding hydrogens is 262 g/mol. The van der Waals surface area contributed by atoms with Crippen LogP contribution in [0.4, 0.5) is 0 Å². The van der Waals surface area contributed by atoms with Gasteiger partial charge < -0.3 is 15.3 Å². The summed E-state index contributed by atoms with van der Waals surface area (Å²) in [6.07, 6.45) is 0.833. The van der Waals surface area contributed by atoms with Crippen LogP contribution in [-0.2, 0) is 14.4 Å². The van der Waals surface area contributed by atoms with Crippen molar-refractivity contribution in [2.75, 3.05) is 26.7 Å². The van der Waals surface area contributed by atoms with Gasteiger partial charge >= 0.3 is 5.97 Å². The molecule has 0 saturated carbocycles. The lowest BCUT2D eigenvalue weighted by molar-refractivity contribution is -0.141. The minimum absolute atomic E-state index is 0.0278. The molecule has 1 unspecified atom stereocenters. The second-order valence-corrected chi connectivity index (χ2v) is 5.04. The van der Waals surface area contributed by atoms with Gasteiger partial charge in [-0.05, 0) is 12.3 Å². The Kier molecular flexibility index (Phi) is 8.54. The fourth-order valence-electron chi connectivity index (χ4n) is 1.56. The van der Waals surface area contributed by atoms with Crippen molar-refractivity contribution in [1.82, 2.24) is 15.5 Å². The molecule has 0 aromatic rings. The van der Waals surface area contributed by atoms with Crippen LogP contribution < -0.4 is 10.6 Å². The molecule has 3 N–H and O–H groups in total. The number of likely N-dealkylation sites (N-methyl/N-ethyl adjacent to an activating group) is 1. The standard InChI is InChI=1S/C13H25N3O4/c1-5-6-14-10(17)8-16(4)11(18)7-15-12(9(2)3)13(19)20/h9,12,15H,5-8H2,1-4H3,(H,14,17)(H,19,20). The molecule has 7 nitrogen and oxygen atoms in total. The number of carbonyl (C=O) groups is 3. The van der Waals surface area contributed by atoms with E-state index in [9.17, 15) is 14.4 Å². The third kappa shape index (κ3) is 7.08. The van der Waals surface area contributed by atoms with Crippen LogP contribution in [0.25, 0.3) is 0 Å². The van der Waals surface area contributed by atoms with Crippen molar-refractivity contribution < 1.29 is 19.5 Å². The third-order valence-corrected chi connectivity index (χ3v) is 2.78. The first-order chi connectivity index (χ1) is 9.29. The molecule has 0 spiro atoms. The summed E-state index contributed by atoms with van der Waals surface area (Å²) >= 11 is 0. The molecule has 0 aliphatic rings. The second kappa shape index (κ2) is 9.30. The minimum Gasteiger partial charge on any atom is -0.480 e. The zero-order chi connectivity index (χ0) is 15.7. The van der Waals surface area contributed by atoms with E-state index >= 15 is 0 Å². The molecule has 0 fully saturated rings. The van der Waals surface area contributed by atoms with E-state index < -0.39 is 12.0 Å². The summed E-state index contributed by atoms with van der Waals surface area (Å²) in [5, 5.41) is 14.4. The number of nitrogens with one attached hydrogen (secondary N) is 2. The van der Waals surface area contributed by atoms with Gasteiger partial charge in [0.1, 0.15) is 6.04 Å². The number of rotatable bonds is 9. The molecule has 0 aliphatic heterocycles. The monoisotopic (exact) mass is 287 g/mol. The summed E-state index contributed by atoms with van der Waals surface area (Å²) in [4.78, 5) is 35.5. The number of hydrogen-bond donors (Lipinski definition) is 3. The minimum atomic E-state index is -0.990. The zero-order valence-corrected chi connectivity index (χ0v) is 12.6. The topological polar surface area (TPSA) is 98.7 Å². The summed E-state index contributed by atoms with van der Waals surface area (Å²) in [5.41, 5.74) is 0. The Morgan fingerprint density at radius 1 is 1.25 bits per heavy atom. The Balaban J connectivity index is 4.19. The smallest absolute Gasteiger partial charge is 0.320 e. The van der Waals surface area contributed by atoms with Gasteiger partial charge in [-0.25, -0.2) is 0 Å². The van der Waals surface area contributed by atoms with Gasteiger partial charge in [0.15, 0.2) is 0 Å². The SMILES string of the molecule is CCCNC(=O)CN(C)C(=O)CNC(C(=O)O)C(C)C. The number of carbonyl (C=O) groups excluding carboxylic acids is 2. The normalized spacial score (nSPS) is 12.1. The van der Waals surface area contributed by atoms with Gasteiger partial charge in [-0.3, -0.25) is 19.7 Å². The molecule has 20 heavy (non-hydrogen) atoms. The molecule has 0 heterocycles. The predicted octanol–water partition coefficient (Wildman–Crippen LogP) is -0.330. The van der Waals surface area contributed by atoms with Gasteiger partial charge in [-0.2, -0.15) is 0 Å². The molecule has 0 bridgehead atoms. The molecule has 2 amide bonds. The summed E-state index contributed by atoms with van der Waals surface area (Å²) < 4.78 is 0. The van der Waals surface area contributed by atoms with Crippen LogP contribution in [0.15, 0.2) is 0 Å². The zero-order valence-electron chi connectivity index (χ0n) is 12.6. The first-order valence-electron chi connectivity index (χ1n) is 6.76. The van der Waals surface area contributed by atoms with E-state index in [0.717, 1.165) is 6.42 Å². The quantitative estimate of drug-likeness (QED) is 0.539. The van der Waals surface area contributed by atoms with Gasteiger partial charge in [0, 0.05) is 13.6 Å². The van der Waals surface area contributed by atoms with Crippen molar-refractivity contribution in [2.45, 2.75) is 33.2 Å². The van der Waals surface area contributed by atoms with Gasteiger partial charge in [0.25, 0.3) is 0 Å². The summed E-state index contributed by atoms with van der Waals surface area (Å²) in [5.74, 6) is -1.65. The van der Waals surface area contributed by atoms with Crippen LogP contribution in [0.2, 0.25) is 0 Å². The van der Waals surface area contributed by atoms with Crippen LogP contribution in [0, 0.1) is 5.92 Å². The van der Waals surface area contributed by atoms with E-state index in [2.05, 4.69) is 10.6 Å².